The second-order valence-electron chi connectivity index (χ2n) is 6.64. The second-order valence-corrected chi connectivity index (χ2v) is 7.50. The fourth-order valence-electron chi connectivity index (χ4n) is 2.59. The standard InChI is InChI=1S/C23H18BrN3O7/c1-32-19-10-11-21(20(24)12-19)33-14-22(28)26-25-13-15-2-8-18(9-3-15)34-23(29)16-4-6-17(7-5-16)27(30)31/h2-13H,14H2,1H3,(H,26,28). The lowest BCUT2D eigenvalue weighted by Crippen LogP contribution is -2.24. The molecule has 0 radical (unpaired) electrons. The summed E-state index contributed by atoms with van der Waals surface area (Å²) >= 11 is 3.34. The Balaban J connectivity index is 1.47. The predicted molar refractivity (Wildman–Crippen MR) is 126 cm³/mol. The third-order valence-corrected chi connectivity index (χ3v) is 4.92. The molecule has 0 aliphatic rings. The third-order valence-electron chi connectivity index (χ3n) is 4.31. The van der Waals surface area contributed by atoms with Gasteiger partial charge in [-0.05, 0) is 76.1 Å². The van der Waals surface area contributed by atoms with Crippen molar-refractivity contribution in [1.82, 2.24) is 5.43 Å². The Hall–Kier alpha value is -4.25. The van der Waals surface area contributed by atoms with Gasteiger partial charge in [-0.25, -0.2) is 10.2 Å². The number of nitro groups is 1. The van der Waals surface area contributed by atoms with Crippen molar-refractivity contribution in [3.05, 3.63) is 92.4 Å². The van der Waals surface area contributed by atoms with E-state index in [-0.39, 0.29) is 23.6 Å². The van der Waals surface area contributed by atoms with Crippen molar-refractivity contribution in [2.75, 3.05) is 13.7 Å². The average molecular weight is 528 g/mol. The molecule has 34 heavy (non-hydrogen) atoms. The SMILES string of the molecule is COc1ccc(OCC(=O)NN=Cc2ccc(OC(=O)c3ccc([N+](=O)[O-])cc3)cc2)c(Br)c1. The van der Waals surface area contributed by atoms with Crippen LogP contribution >= 0.6 is 15.9 Å². The molecule has 0 atom stereocenters. The summed E-state index contributed by atoms with van der Waals surface area (Å²) in [6, 6.07) is 16.6. The van der Waals surface area contributed by atoms with Crippen LogP contribution < -0.4 is 19.6 Å². The Morgan fingerprint density at radius 1 is 1.06 bits per heavy atom. The van der Waals surface area contributed by atoms with Crippen LogP contribution in [0.4, 0.5) is 5.69 Å². The minimum atomic E-state index is -0.646. The van der Waals surface area contributed by atoms with Gasteiger partial charge in [-0.15, -0.1) is 0 Å². The fourth-order valence-corrected chi connectivity index (χ4v) is 3.06. The molecule has 11 heteroatoms. The summed E-state index contributed by atoms with van der Waals surface area (Å²) in [5.74, 6) is 0.321. The third kappa shape index (κ3) is 6.87. The fraction of sp³-hybridized carbons (Fsp3) is 0.0870. The van der Waals surface area contributed by atoms with Gasteiger partial charge in [0.1, 0.15) is 17.2 Å². The zero-order valence-corrected chi connectivity index (χ0v) is 19.4. The Morgan fingerprint density at radius 2 is 1.74 bits per heavy atom. The minimum Gasteiger partial charge on any atom is -0.497 e. The predicted octanol–water partition coefficient (Wildman–Crippen LogP) is 4.11. The molecule has 0 heterocycles. The van der Waals surface area contributed by atoms with Crippen molar-refractivity contribution in [3.8, 4) is 17.2 Å². The van der Waals surface area contributed by atoms with E-state index in [1.54, 1.807) is 49.6 Å². The minimum absolute atomic E-state index is 0.118. The highest BCUT2D eigenvalue weighted by Crippen LogP contribution is 2.29. The zero-order chi connectivity index (χ0) is 24.5. The van der Waals surface area contributed by atoms with E-state index < -0.39 is 16.8 Å². The number of nitrogens with one attached hydrogen (secondary N) is 1. The number of carbonyl (C=O) groups excluding carboxylic acids is 2. The van der Waals surface area contributed by atoms with E-state index >= 15 is 0 Å². The maximum absolute atomic E-state index is 12.2. The van der Waals surface area contributed by atoms with Gasteiger partial charge in [-0.3, -0.25) is 14.9 Å². The van der Waals surface area contributed by atoms with E-state index in [2.05, 4.69) is 26.5 Å². The Bertz CT molecular complexity index is 1210. The molecule has 0 saturated carbocycles. The number of ether oxygens (including phenoxy) is 3. The van der Waals surface area contributed by atoms with E-state index in [4.69, 9.17) is 14.2 Å². The lowest BCUT2D eigenvalue weighted by molar-refractivity contribution is -0.384. The summed E-state index contributed by atoms with van der Waals surface area (Å²) in [6.45, 7) is -0.236. The first-order valence-electron chi connectivity index (χ1n) is 9.70. The van der Waals surface area contributed by atoms with Crippen LogP contribution in [0.15, 0.2) is 76.3 Å². The van der Waals surface area contributed by atoms with Crippen molar-refractivity contribution in [2.45, 2.75) is 0 Å². The highest BCUT2D eigenvalue weighted by atomic mass is 79.9. The molecular weight excluding hydrogens is 510 g/mol. The number of nitro benzene ring substituents is 1. The van der Waals surface area contributed by atoms with E-state index in [9.17, 15) is 19.7 Å². The molecule has 0 bridgehead atoms. The molecule has 0 aliphatic carbocycles. The molecule has 0 spiro atoms. The lowest BCUT2D eigenvalue weighted by atomic mass is 10.2. The number of benzene rings is 3. The number of hydrogen-bond acceptors (Lipinski definition) is 8. The summed E-state index contributed by atoms with van der Waals surface area (Å²) in [4.78, 5) is 34.2. The van der Waals surface area contributed by atoms with Crippen molar-refractivity contribution in [3.63, 3.8) is 0 Å². The summed E-state index contributed by atoms with van der Waals surface area (Å²) in [5, 5.41) is 14.5. The van der Waals surface area contributed by atoms with E-state index in [1.807, 2.05) is 0 Å². The number of hydrogen-bond donors (Lipinski definition) is 1. The van der Waals surface area contributed by atoms with Crippen molar-refractivity contribution >= 4 is 39.7 Å². The van der Waals surface area contributed by atoms with Gasteiger partial charge in [-0.2, -0.15) is 5.10 Å². The Morgan fingerprint density at radius 3 is 2.35 bits per heavy atom. The Labute approximate surface area is 202 Å². The normalized spacial score (nSPS) is 10.5. The molecular formula is C23H18BrN3O7. The number of rotatable bonds is 9. The molecule has 10 nitrogen and oxygen atoms in total. The van der Waals surface area contributed by atoms with Crippen LogP contribution in [0.5, 0.6) is 17.2 Å². The van der Waals surface area contributed by atoms with Crippen LogP contribution in [0.1, 0.15) is 15.9 Å². The van der Waals surface area contributed by atoms with Crippen LogP contribution in [-0.4, -0.2) is 36.7 Å². The van der Waals surface area contributed by atoms with E-state index in [0.717, 1.165) is 0 Å². The number of hydrazone groups is 1. The molecule has 3 rings (SSSR count). The highest BCUT2D eigenvalue weighted by Gasteiger charge is 2.11. The molecule has 0 unspecified atom stereocenters. The first-order valence-corrected chi connectivity index (χ1v) is 10.5. The molecule has 3 aromatic carbocycles. The van der Waals surface area contributed by atoms with Gasteiger partial charge in [-0.1, -0.05) is 0 Å². The molecule has 0 fully saturated rings. The number of amides is 1. The number of halogens is 1. The number of esters is 1. The summed E-state index contributed by atoms with van der Waals surface area (Å²) in [6.07, 6.45) is 1.42. The average Bonchev–Trinajstić information content (AvgIpc) is 2.84. The van der Waals surface area contributed by atoms with Gasteiger partial charge in [0.25, 0.3) is 11.6 Å². The monoisotopic (exact) mass is 527 g/mol. The van der Waals surface area contributed by atoms with E-state index in [0.29, 0.717) is 21.5 Å². The quantitative estimate of drug-likeness (QED) is 0.145. The number of nitrogens with zero attached hydrogens (tertiary/aromatic N) is 2. The van der Waals surface area contributed by atoms with Gasteiger partial charge in [0.05, 0.1) is 28.3 Å². The highest BCUT2D eigenvalue weighted by molar-refractivity contribution is 9.10. The first-order chi connectivity index (χ1) is 16.4. The lowest BCUT2D eigenvalue weighted by Gasteiger charge is -2.08. The zero-order valence-electron chi connectivity index (χ0n) is 17.8. The molecule has 0 saturated heterocycles. The van der Waals surface area contributed by atoms with Crippen molar-refractivity contribution < 1.29 is 28.7 Å². The van der Waals surface area contributed by atoms with Gasteiger partial charge in [0.15, 0.2) is 6.61 Å². The summed E-state index contributed by atoms with van der Waals surface area (Å²) in [5.41, 5.74) is 3.07. The molecule has 174 valence electrons. The van der Waals surface area contributed by atoms with Crippen LogP contribution in [0.3, 0.4) is 0 Å². The summed E-state index contributed by atoms with van der Waals surface area (Å²) < 4.78 is 16.4. The maximum atomic E-state index is 12.2. The first kappa shape index (κ1) is 24.4. The summed E-state index contributed by atoms with van der Waals surface area (Å²) in [7, 11) is 1.55. The molecule has 0 aliphatic heterocycles. The second kappa shape index (κ2) is 11.6. The van der Waals surface area contributed by atoms with Gasteiger partial charge >= 0.3 is 5.97 Å². The number of methoxy groups -OCH3 is 1. The van der Waals surface area contributed by atoms with Gasteiger partial charge in [0, 0.05) is 12.1 Å². The topological polar surface area (TPSA) is 129 Å². The molecule has 3 aromatic rings. The van der Waals surface area contributed by atoms with Crippen LogP contribution in [0, 0.1) is 10.1 Å². The van der Waals surface area contributed by atoms with Crippen molar-refractivity contribution in [2.24, 2.45) is 5.10 Å². The van der Waals surface area contributed by atoms with Crippen LogP contribution in [-0.2, 0) is 4.79 Å². The van der Waals surface area contributed by atoms with Crippen LogP contribution in [0.2, 0.25) is 0 Å². The maximum Gasteiger partial charge on any atom is 0.343 e. The van der Waals surface area contributed by atoms with Crippen LogP contribution in [0.25, 0.3) is 0 Å². The Kier molecular flexibility index (Phi) is 8.30. The smallest absolute Gasteiger partial charge is 0.343 e. The molecule has 0 aromatic heterocycles. The largest absolute Gasteiger partial charge is 0.497 e. The number of carbonyl (C=O) groups is 2. The van der Waals surface area contributed by atoms with Crippen molar-refractivity contribution in [1.29, 1.82) is 0 Å². The van der Waals surface area contributed by atoms with Gasteiger partial charge in [0.2, 0.25) is 0 Å². The van der Waals surface area contributed by atoms with Gasteiger partial charge < -0.3 is 14.2 Å². The number of non-ortho nitro benzene ring substituents is 1. The molecule has 1 amide bonds. The van der Waals surface area contributed by atoms with E-state index in [1.165, 1.54) is 30.5 Å². The molecule has 1 N–H and O–H groups in total.